The van der Waals surface area contributed by atoms with E-state index in [4.69, 9.17) is 0 Å². The maximum Gasteiger partial charge on any atom is 0.0215 e. The van der Waals surface area contributed by atoms with Crippen molar-refractivity contribution in [2.75, 3.05) is 0 Å². The molecule has 0 saturated heterocycles. The second-order valence-electron chi connectivity index (χ2n) is 38.9. The second-order valence-corrected chi connectivity index (χ2v) is 38.9. The van der Waals surface area contributed by atoms with Crippen LogP contribution < -0.4 is 0 Å². The summed E-state index contributed by atoms with van der Waals surface area (Å²) in [7, 11) is 0. The number of hydrogen-bond acceptors (Lipinski definition) is 0. The highest BCUT2D eigenvalue weighted by atomic mass is 14.5. The zero-order chi connectivity index (χ0) is 86.0. The third-order valence-electron chi connectivity index (χ3n) is 30.7. The molecule has 0 fully saturated rings. The van der Waals surface area contributed by atoms with E-state index in [1.54, 1.807) is 33.4 Å². The lowest BCUT2D eigenvalue weighted by Crippen LogP contribution is -2.25. The minimum atomic E-state index is -0.0599. The normalized spacial score (nSPS) is 13.8. The number of fused-ring (bicyclic) bond motifs is 15. The fraction of sp³-hybridized carbons (Fsp3) is 0.333. The van der Waals surface area contributed by atoms with Gasteiger partial charge in [0.15, 0.2) is 0 Å². The summed E-state index contributed by atoms with van der Waals surface area (Å²) in [6.45, 7) is 21.1. The number of rotatable bonds is 36. The van der Waals surface area contributed by atoms with Gasteiger partial charge in [-0.05, 0) is 294 Å². The molecule has 0 heterocycles. The average Bonchev–Trinajstić information content (AvgIpc) is 1.58. The zero-order valence-corrected chi connectivity index (χ0v) is 77.2. The Kier molecular flexibility index (Phi) is 24.7. The van der Waals surface area contributed by atoms with E-state index in [1.165, 1.54) is 374 Å². The number of benzene rings is 16. The van der Waals surface area contributed by atoms with Crippen LogP contribution >= 0.6 is 0 Å². The van der Waals surface area contributed by atoms with Crippen molar-refractivity contribution in [3.63, 3.8) is 0 Å². The molecule has 0 saturated carbocycles. The van der Waals surface area contributed by atoms with E-state index in [9.17, 15) is 0 Å². The van der Waals surface area contributed by atoms with Crippen LogP contribution in [-0.2, 0) is 16.2 Å². The standard InChI is InChI=1S/C126H132/c1-10-16-22-40-70-124(71-41-23-17-11-2)112-76-85(7)58-64-94(112)97-67-61-88(82-115(97)124)118-100-46-28-34-52-106(100)121(107-53-35-29-47-101(107)118)91-79-92(122-108-54-36-30-48-102(108)119(103-49-31-37-55-109(103)122)89-62-68-98-95-65-59-86(8)77-113(95)125(116(98)83-89,72-42-24-18-12-3)73-43-25-19-13-4)81-93(80-91)123-110-56-38-32-50-104(110)120(105-51-33-39-57-111(105)123)90-63-69-99-96-66-60-87(9)78-114(96)126(117(99)84-90,74-44-26-20-14-5)75-45-27-21-15-6/h28-39,46-69,76-84H,10-27,40-45,70-75H2,1-9H3. The first kappa shape index (κ1) is 84.6. The molecule has 3 aliphatic carbocycles. The molecule has 0 N–H and O–H groups in total. The Morgan fingerprint density at radius 1 is 0.159 bits per heavy atom. The predicted molar refractivity (Wildman–Crippen MR) is 550 cm³/mol. The summed E-state index contributed by atoms with van der Waals surface area (Å²) in [5.41, 5.74) is 37.3. The molecule has 0 aromatic heterocycles. The topological polar surface area (TPSA) is 0 Å². The smallest absolute Gasteiger partial charge is 0.0215 e. The molecule has 0 radical (unpaired) electrons. The van der Waals surface area contributed by atoms with Crippen molar-refractivity contribution in [2.24, 2.45) is 0 Å². The molecule has 16 aromatic carbocycles. The van der Waals surface area contributed by atoms with E-state index in [-0.39, 0.29) is 16.2 Å². The Morgan fingerprint density at radius 2 is 0.325 bits per heavy atom. The van der Waals surface area contributed by atoms with Crippen molar-refractivity contribution >= 4 is 64.6 Å². The SMILES string of the molecule is CCCCCCC1(CCCCCC)c2cc(C)ccc2-c2ccc(-c3c4ccccc4c(-c4cc(-c5c6ccccc6c(-c6ccc7c(c6)C(CCCCCC)(CCCCCC)c6cc(C)ccc6-7)c6ccccc56)cc(-c5c6ccccc6c(-c6ccc7c(c6)C(CCCCCC)(CCCCCC)c6cc(C)ccc6-7)c6ccccc56)c4)c4ccccc34)cc21. The fourth-order valence-electron chi connectivity index (χ4n) is 24.7. The molecule has 19 rings (SSSR count). The minimum Gasteiger partial charge on any atom is -0.0654 e. The summed E-state index contributed by atoms with van der Waals surface area (Å²) in [4.78, 5) is 0. The molecular weight excluding hydrogens is 1510 g/mol. The number of unbranched alkanes of at least 4 members (excludes halogenated alkanes) is 18. The molecular formula is C126H132. The first-order chi connectivity index (χ1) is 62.0. The molecule has 126 heavy (non-hydrogen) atoms. The van der Waals surface area contributed by atoms with Gasteiger partial charge in [0.05, 0.1) is 0 Å². The maximum atomic E-state index is 2.71. The van der Waals surface area contributed by atoms with E-state index in [0.29, 0.717) is 0 Å². The van der Waals surface area contributed by atoms with E-state index in [1.807, 2.05) is 0 Å². The van der Waals surface area contributed by atoms with Crippen LogP contribution in [0, 0.1) is 20.8 Å². The van der Waals surface area contributed by atoms with Crippen LogP contribution in [-0.4, -0.2) is 0 Å². The average molecular weight is 1650 g/mol. The van der Waals surface area contributed by atoms with Gasteiger partial charge in [-0.15, -0.1) is 0 Å². The van der Waals surface area contributed by atoms with Crippen molar-refractivity contribution in [3.8, 4) is 100 Å². The van der Waals surface area contributed by atoms with Crippen molar-refractivity contribution in [1.82, 2.24) is 0 Å². The van der Waals surface area contributed by atoms with Gasteiger partial charge in [-0.2, -0.15) is 0 Å². The maximum absolute atomic E-state index is 2.71. The molecule has 0 nitrogen and oxygen atoms in total. The van der Waals surface area contributed by atoms with Gasteiger partial charge < -0.3 is 0 Å². The van der Waals surface area contributed by atoms with E-state index in [2.05, 4.69) is 335 Å². The first-order valence-corrected chi connectivity index (χ1v) is 49.7. The number of aryl methyl sites for hydroxylation is 3. The minimum absolute atomic E-state index is 0.0599. The van der Waals surface area contributed by atoms with Crippen molar-refractivity contribution < 1.29 is 0 Å². The van der Waals surface area contributed by atoms with Crippen LogP contribution in [0.5, 0.6) is 0 Å². The molecule has 0 bridgehead atoms. The van der Waals surface area contributed by atoms with Crippen LogP contribution in [0.2, 0.25) is 0 Å². The monoisotopic (exact) mass is 1650 g/mol. The third-order valence-corrected chi connectivity index (χ3v) is 30.7. The highest BCUT2D eigenvalue weighted by molar-refractivity contribution is 6.26. The quantitative estimate of drug-likeness (QED) is 0.0271. The summed E-state index contributed by atoms with van der Waals surface area (Å²) < 4.78 is 0. The molecule has 0 amide bonds. The summed E-state index contributed by atoms with van der Waals surface area (Å²) >= 11 is 0. The molecule has 636 valence electrons. The molecule has 0 atom stereocenters. The summed E-state index contributed by atoms with van der Waals surface area (Å²) in [5.74, 6) is 0. The van der Waals surface area contributed by atoms with Gasteiger partial charge in [-0.25, -0.2) is 0 Å². The van der Waals surface area contributed by atoms with Gasteiger partial charge in [0.1, 0.15) is 0 Å². The van der Waals surface area contributed by atoms with Crippen LogP contribution in [0.3, 0.4) is 0 Å². The fourth-order valence-corrected chi connectivity index (χ4v) is 24.7. The summed E-state index contributed by atoms with van der Waals surface area (Å²) in [5, 5.41) is 15.4. The number of hydrogen-bond donors (Lipinski definition) is 0. The molecule has 16 aromatic rings. The van der Waals surface area contributed by atoms with Gasteiger partial charge >= 0.3 is 0 Å². The van der Waals surface area contributed by atoms with Gasteiger partial charge in [0, 0.05) is 16.2 Å². The predicted octanol–water partition coefficient (Wildman–Crippen LogP) is 38.2. The highest BCUT2D eigenvalue weighted by Crippen LogP contribution is 2.61. The molecule has 0 spiro atoms. The Morgan fingerprint density at radius 3 is 0.508 bits per heavy atom. The van der Waals surface area contributed by atoms with Crippen molar-refractivity contribution in [3.05, 3.63) is 323 Å². The van der Waals surface area contributed by atoms with E-state index in [0.717, 1.165) is 0 Å². The molecule has 0 aliphatic heterocycles. The largest absolute Gasteiger partial charge is 0.0654 e. The van der Waals surface area contributed by atoms with Crippen LogP contribution in [0.15, 0.2) is 273 Å². The van der Waals surface area contributed by atoms with Gasteiger partial charge in [-0.1, -0.05) is 449 Å². The van der Waals surface area contributed by atoms with E-state index < -0.39 is 0 Å². The van der Waals surface area contributed by atoms with Gasteiger partial charge in [-0.3, -0.25) is 0 Å². The lowest BCUT2D eigenvalue weighted by Gasteiger charge is -2.33. The first-order valence-electron chi connectivity index (χ1n) is 49.7. The van der Waals surface area contributed by atoms with Crippen molar-refractivity contribution in [2.45, 2.75) is 271 Å². The molecule has 0 unspecified atom stereocenters. The molecule has 3 aliphatic rings. The summed E-state index contributed by atoms with van der Waals surface area (Å²) in [6.07, 6.45) is 37.2. The Balaban J connectivity index is 0.858. The summed E-state index contributed by atoms with van der Waals surface area (Å²) in [6, 6.07) is 111. The highest BCUT2D eigenvalue weighted by Gasteiger charge is 2.46. The lowest BCUT2D eigenvalue weighted by molar-refractivity contribution is 0.401. The van der Waals surface area contributed by atoms with Crippen LogP contribution in [0.4, 0.5) is 0 Å². The Hall–Kier alpha value is -10.9. The zero-order valence-electron chi connectivity index (χ0n) is 77.2. The molecule has 0 heteroatoms. The Bertz CT molecular complexity index is 5880. The van der Waals surface area contributed by atoms with Gasteiger partial charge in [0.2, 0.25) is 0 Å². The second kappa shape index (κ2) is 36.8. The van der Waals surface area contributed by atoms with Gasteiger partial charge in [0.25, 0.3) is 0 Å². The Labute approximate surface area is 753 Å². The lowest BCUT2D eigenvalue weighted by atomic mass is 9.70. The van der Waals surface area contributed by atoms with Crippen molar-refractivity contribution in [1.29, 1.82) is 0 Å². The van der Waals surface area contributed by atoms with Crippen LogP contribution in [0.25, 0.3) is 165 Å². The van der Waals surface area contributed by atoms with E-state index >= 15 is 0 Å². The third kappa shape index (κ3) is 15.1. The van der Waals surface area contributed by atoms with Crippen LogP contribution in [0.1, 0.15) is 284 Å².